The number of anilines is 2. The molecule has 0 atom stereocenters. The molecule has 1 heterocycles. The Balaban J connectivity index is 2.11. The lowest BCUT2D eigenvalue weighted by Gasteiger charge is -2.12. The third kappa shape index (κ3) is 2.76. The van der Waals surface area contributed by atoms with Gasteiger partial charge in [0.1, 0.15) is 0 Å². The second kappa shape index (κ2) is 5.02. The fourth-order valence-corrected chi connectivity index (χ4v) is 2.25. The summed E-state index contributed by atoms with van der Waals surface area (Å²) in [6.45, 7) is 0.256. The number of fused-ring (bicyclic) bond motifs is 1. The van der Waals surface area contributed by atoms with Crippen LogP contribution in [-0.2, 0) is 10.0 Å². The van der Waals surface area contributed by atoms with E-state index in [9.17, 15) is 8.42 Å². The molecule has 0 saturated carbocycles. The van der Waals surface area contributed by atoms with Gasteiger partial charge in [0.15, 0.2) is 11.0 Å². The maximum Gasteiger partial charge on any atom is 0.215 e. The van der Waals surface area contributed by atoms with Crippen LogP contribution in [-0.4, -0.2) is 49.4 Å². The number of sulfonamides is 1. The van der Waals surface area contributed by atoms with Crippen LogP contribution < -0.4 is 11.1 Å². The van der Waals surface area contributed by atoms with E-state index in [-0.39, 0.29) is 12.3 Å². The van der Waals surface area contributed by atoms with Crippen molar-refractivity contribution in [1.82, 2.24) is 14.6 Å². The Morgan fingerprint density at radius 2 is 2.00 bits per heavy atom. The zero-order valence-electron chi connectivity index (χ0n) is 10.6. The zero-order valence-corrected chi connectivity index (χ0v) is 11.4. The Kier molecular flexibility index (Phi) is 3.58. The molecule has 1 aromatic heterocycles. The van der Waals surface area contributed by atoms with Crippen molar-refractivity contribution >= 4 is 32.4 Å². The van der Waals surface area contributed by atoms with E-state index in [1.165, 1.54) is 18.4 Å². The first-order valence-electron chi connectivity index (χ1n) is 5.56. The standard InChI is InChI=1S/C10H15N5O3S/c1-15(2)19(16,17)6-5-12-8-4-3-7(11)9-10(8)14-18-13-9/h3-4,12H,5-6,11H2,1-2H3. The first kappa shape index (κ1) is 13.6. The monoisotopic (exact) mass is 285 g/mol. The maximum absolute atomic E-state index is 11.6. The van der Waals surface area contributed by atoms with E-state index < -0.39 is 10.0 Å². The fourth-order valence-electron chi connectivity index (χ4n) is 1.53. The molecule has 2 aromatic rings. The lowest BCUT2D eigenvalue weighted by Crippen LogP contribution is -2.28. The van der Waals surface area contributed by atoms with Crippen molar-refractivity contribution in [3.63, 3.8) is 0 Å². The molecule has 0 aliphatic heterocycles. The van der Waals surface area contributed by atoms with Gasteiger partial charge < -0.3 is 11.1 Å². The van der Waals surface area contributed by atoms with Crippen LogP contribution in [0.15, 0.2) is 16.8 Å². The maximum atomic E-state index is 11.6. The van der Waals surface area contributed by atoms with E-state index in [0.717, 1.165) is 0 Å². The van der Waals surface area contributed by atoms with Crippen LogP contribution in [0.25, 0.3) is 11.0 Å². The van der Waals surface area contributed by atoms with Crippen LogP contribution in [0.2, 0.25) is 0 Å². The number of hydrogen-bond donors (Lipinski definition) is 2. The Morgan fingerprint density at radius 1 is 1.32 bits per heavy atom. The first-order chi connectivity index (χ1) is 8.92. The molecular formula is C10H15N5O3S. The average molecular weight is 285 g/mol. The van der Waals surface area contributed by atoms with Gasteiger partial charge in [-0.1, -0.05) is 0 Å². The zero-order chi connectivity index (χ0) is 14.0. The minimum absolute atomic E-state index is 0.0167. The lowest BCUT2D eigenvalue weighted by molar-refractivity contribution is 0.316. The van der Waals surface area contributed by atoms with E-state index in [2.05, 4.69) is 20.3 Å². The summed E-state index contributed by atoms with van der Waals surface area (Å²) in [5.74, 6) is -0.0167. The summed E-state index contributed by atoms with van der Waals surface area (Å²) in [5, 5.41) is 10.4. The fraction of sp³-hybridized carbons (Fsp3) is 0.400. The molecule has 1 aromatic carbocycles. The van der Waals surface area contributed by atoms with Crippen molar-refractivity contribution in [2.75, 3.05) is 37.4 Å². The molecule has 3 N–H and O–H groups in total. The molecular weight excluding hydrogens is 270 g/mol. The molecule has 8 nitrogen and oxygen atoms in total. The number of nitrogen functional groups attached to an aromatic ring is 1. The summed E-state index contributed by atoms with van der Waals surface area (Å²) in [4.78, 5) is 0. The van der Waals surface area contributed by atoms with Crippen molar-refractivity contribution in [2.45, 2.75) is 0 Å². The van der Waals surface area contributed by atoms with Gasteiger partial charge in [-0.25, -0.2) is 17.4 Å². The van der Waals surface area contributed by atoms with Gasteiger partial charge in [0.2, 0.25) is 10.0 Å². The van der Waals surface area contributed by atoms with Gasteiger partial charge in [-0.2, -0.15) is 0 Å². The summed E-state index contributed by atoms with van der Waals surface area (Å²) in [5.41, 5.74) is 7.76. The summed E-state index contributed by atoms with van der Waals surface area (Å²) in [6.07, 6.45) is 0. The average Bonchev–Trinajstić information content (AvgIpc) is 2.82. The van der Waals surface area contributed by atoms with Gasteiger partial charge in [0.25, 0.3) is 0 Å². The molecule has 0 radical (unpaired) electrons. The number of rotatable bonds is 5. The minimum Gasteiger partial charge on any atom is -0.397 e. The van der Waals surface area contributed by atoms with Gasteiger partial charge >= 0.3 is 0 Å². The molecule has 0 spiro atoms. The van der Waals surface area contributed by atoms with E-state index in [0.29, 0.717) is 22.4 Å². The summed E-state index contributed by atoms with van der Waals surface area (Å²) < 4.78 is 29.0. The van der Waals surface area contributed by atoms with Gasteiger partial charge in [-0.15, -0.1) is 0 Å². The predicted octanol–water partition coefficient (Wildman–Crippen LogP) is 0.108. The normalized spacial score (nSPS) is 12.2. The molecule has 104 valence electrons. The summed E-state index contributed by atoms with van der Waals surface area (Å²) in [7, 11) is -0.233. The Bertz CT molecular complexity index is 680. The number of benzene rings is 1. The number of nitrogens with zero attached hydrogens (tertiary/aromatic N) is 3. The molecule has 0 unspecified atom stereocenters. The molecule has 0 amide bonds. The van der Waals surface area contributed by atoms with Gasteiger partial charge in [-0.05, 0) is 22.4 Å². The number of hydrogen-bond acceptors (Lipinski definition) is 7. The molecule has 0 saturated heterocycles. The lowest BCUT2D eigenvalue weighted by atomic mass is 10.2. The first-order valence-corrected chi connectivity index (χ1v) is 7.17. The highest BCUT2D eigenvalue weighted by atomic mass is 32.2. The van der Waals surface area contributed by atoms with Crippen LogP contribution in [0.5, 0.6) is 0 Å². The van der Waals surface area contributed by atoms with Crippen LogP contribution in [0.4, 0.5) is 11.4 Å². The van der Waals surface area contributed by atoms with Crippen molar-refractivity contribution in [2.24, 2.45) is 0 Å². The highest BCUT2D eigenvalue weighted by molar-refractivity contribution is 7.89. The van der Waals surface area contributed by atoms with Crippen molar-refractivity contribution in [1.29, 1.82) is 0 Å². The highest BCUT2D eigenvalue weighted by Crippen LogP contribution is 2.24. The molecule has 0 bridgehead atoms. The van der Waals surface area contributed by atoms with Crippen molar-refractivity contribution < 1.29 is 13.0 Å². The van der Waals surface area contributed by atoms with Crippen LogP contribution in [0.1, 0.15) is 0 Å². The summed E-state index contributed by atoms with van der Waals surface area (Å²) in [6, 6.07) is 3.37. The second-order valence-corrected chi connectivity index (χ2v) is 6.49. The van der Waals surface area contributed by atoms with E-state index in [4.69, 9.17) is 5.73 Å². The Morgan fingerprint density at radius 3 is 2.68 bits per heavy atom. The molecule has 19 heavy (non-hydrogen) atoms. The number of aromatic nitrogens is 2. The van der Waals surface area contributed by atoms with Gasteiger partial charge in [0.05, 0.1) is 17.1 Å². The quantitative estimate of drug-likeness (QED) is 0.749. The number of nitrogens with one attached hydrogen (secondary N) is 1. The van der Waals surface area contributed by atoms with Crippen LogP contribution >= 0.6 is 0 Å². The van der Waals surface area contributed by atoms with Gasteiger partial charge in [-0.3, -0.25) is 0 Å². The number of nitrogens with two attached hydrogens (primary N) is 1. The SMILES string of the molecule is CN(C)S(=O)(=O)CCNc1ccc(N)c2nonc12. The van der Waals surface area contributed by atoms with Gasteiger partial charge in [0, 0.05) is 20.6 Å². The smallest absolute Gasteiger partial charge is 0.215 e. The van der Waals surface area contributed by atoms with E-state index >= 15 is 0 Å². The predicted molar refractivity (Wildman–Crippen MR) is 72.2 cm³/mol. The molecule has 9 heteroatoms. The minimum atomic E-state index is -3.23. The topological polar surface area (TPSA) is 114 Å². The largest absolute Gasteiger partial charge is 0.397 e. The Hall–Kier alpha value is -1.87. The highest BCUT2D eigenvalue weighted by Gasteiger charge is 2.14. The second-order valence-electron chi connectivity index (χ2n) is 4.19. The third-order valence-corrected chi connectivity index (χ3v) is 4.51. The Labute approximate surface area is 110 Å². The van der Waals surface area contributed by atoms with Crippen LogP contribution in [0, 0.1) is 0 Å². The molecule has 0 fully saturated rings. The summed E-state index contributed by atoms with van der Waals surface area (Å²) >= 11 is 0. The van der Waals surface area contributed by atoms with Crippen molar-refractivity contribution in [3.8, 4) is 0 Å². The van der Waals surface area contributed by atoms with E-state index in [1.807, 2.05) is 0 Å². The molecule has 0 aliphatic rings. The van der Waals surface area contributed by atoms with Crippen LogP contribution in [0.3, 0.4) is 0 Å². The molecule has 2 rings (SSSR count). The van der Waals surface area contributed by atoms with Crippen molar-refractivity contribution in [3.05, 3.63) is 12.1 Å². The third-order valence-electron chi connectivity index (χ3n) is 2.68. The molecule has 0 aliphatic carbocycles. The van der Waals surface area contributed by atoms with E-state index in [1.54, 1.807) is 12.1 Å².